The van der Waals surface area contributed by atoms with Gasteiger partial charge in [0, 0.05) is 12.6 Å². The maximum Gasteiger partial charge on any atom is 0.289 e. The molecule has 2 amide bonds. The van der Waals surface area contributed by atoms with Crippen molar-refractivity contribution in [1.82, 2.24) is 15.5 Å². The second-order valence-electron chi connectivity index (χ2n) is 7.44. The summed E-state index contributed by atoms with van der Waals surface area (Å²) in [5.74, 6) is -0.596. The minimum atomic E-state index is -0.441. The first kappa shape index (κ1) is 19.4. The number of nitrogens with zero attached hydrogens (tertiary/aromatic N) is 1. The molecule has 146 valence electrons. The van der Waals surface area contributed by atoms with Gasteiger partial charge in [0.2, 0.25) is 0 Å². The Bertz CT molecular complexity index is 694. The molecule has 1 heterocycles. The van der Waals surface area contributed by atoms with Crippen molar-refractivity contribution in [3.05, 3.63) is 47.2 Å². The molecule has 3 rings (SSSR count). The van der Waals surface area contributed by atoms with Crippen molar-refractivity contribution in [2.24, 2.45) is 0 Å². The first-order chi connectivity index (χ1) is 13.1. The van der Waals surface area contributed by atoms with Crippen LogP contribution in [-0.2, 0) is 9.59 Å². The van der Waals surface area contributed by atoms with Crippen LogP contribution in [0, 0.1) is 0 Å². The average molecular weight is 371 g/mol. The third kappa shape index (κ3) is 4.69. The SMILES string of the molecule is CNCCCN1CC(C(=O)NC2CCC(c3ccccc3)CC2)=C(O)C1=O. The lowest BCUT2D eigenvalue weighted by molar-refractivity contribution is -0.127. The van der Waals surface area contributed by atoms with E-state index in [1.54, 1.807) is 0 Å². The van der Waals surface area contributed by atoms with Gasteiger partial charge in [0.15, 0.2) is 5.76 Å². The number of rotatable bonds is 7. The highest BCUT2D eigenvalue weighted by molar-refractivity contribution is 6.07. The van der Waals surface area contributed by atoms with Gasteiger partial charge in [0.1, 0.15) is 0 Å². The van der Waals surface area contributed by atoms with Crippen LogP contribution in [0.2, 0.25) is 0 Å². The molecule has 1 aliphatic carbocycles. The fourth-order valence-corrected chi connectivity index (χ4v) is 3.99. The van der Waals surface area contributed by atoms with Crippen LogP contribution in [0.25, 0.3) is 0 Å². The number of benzene rings is 1. The van der Waals surface area contributed by atoms with Crippen LogP contribution in [-0.4, -0.2) is 54.5 Å². The second-order valence-corrected chi connectivity index (χ2v) is 7.44. The van der Waals surface area contributed by atoms with Crippen LogP contribution >= 0.6 is 0 Å². The maximum atomic E-state index is 12.6. The summed E-state index contributed by atoms with van der Waals surface area (Å²) in [6.07, 6.45) is 4.69. The normalized spacial score (nSPS) is 23.0. The summed E-state index contributed by atoms with van der Waals surface area (Å²) >= 11 is 0. The lowest BCUT2D eigenvalue weighted by atomic mass is 9.82. The number of amides is 2. The molecular weight excluding hydrogens is 342 g/mol. The molecule has 0 atom stereocenters. The van der Waals surface area contributed by atoms with Gasteiger partial charge >= 0.3 is 0 Å². The fourth-order valence-electron chi connectivity index (χ4n) is 3.99. The Kier molecular flexibility index (Phi) is 6.50. The number of hydrogen-bond donors (Lipinski definition) is 3. The first-order valence-corrected chi connectivity index (χ1v) is 9.82. The quantitative estimate of drug-likeness (QED) is 0.641. The number of hydrogen-bond acceptors (Lipinski definition) is 4. The molecule has 1 aliphatic heterocycles. The number of nitrogens with one attached hydrogen (secondary N) is 2. The van der Waals surface area contributed by atoms with Crippen LogP contribution in [0.1, 0.15) is 43.6 Å². The van der Waals surface area contributed by atoms with Crippen LogP contribution < -0.4 is 10.6 Å². The van der Waals surface area contributed by atoms with Crippen molar-refractivity contribution in [3.63, 3.8) is 0 Å². The Labute approximate surface area is 160 Å². The van der Waals surface area contributed by atoms with E-state index in [0.717, 1.165) is 38.6 Å². The molecule has 0 saturated heterocycles. The number of aliphatic hydroxyl groups is 1. The van der Waals surface area contributed by atoms with Gasteiger partial charge in [-0.15, -0.1) is 0 Å². The number of carbonyl (C=O) groups is 2. The Hall–Kier alpha value is -2.34. The van der Waals surface area contributed by atoms with E-state index in [1.807, 2.05) is 13.1 Å². The van der Waals surface area contributed by atoms with Gasteiger partial charge in [-0.1, -0.05) is 30.3 Å². The molecule has 0 spiro atoms. The number of carbonyl (C=O) groups excluding carboxylic acids is 2. The van der Waals surface area contributed by atoms with Crippen molar-refractivity contribution in [2.75, 3.05) is 26.7 Å². The third-order valence-corrected chi connectivity index (χ3v) is 5.59. The molecule has 3 N–H and O–H groups in total. The summed E-state index contributed by atoms with van der Waals surface area (Å²) in [6.45, 7) is 1.51. The molecule has 2 aliphatic rings. The summed E-state index contributed by atoms with van der Waals surface area (Å²) in [4.78, 5) is 26.2. The summed E-state index contributed by atoms with van der Waals surface area (Å²) in [6, 6.07) is 10.6. The van der Waals surface area contributed by atoms with E-state index in [9.17, 15) is 14.7 Å². The van der Waals surface area contributed by atoms with E-state index < -0.39 is 11.7 Å². The molecule has 1 aromatic rings. The molecule has 0 aromatic heterocycles. The lowest BCUT2D eigenvalue weighted by Crippen LogP contribution is -2.39. The van der Waals surface area contributed by atoms with Gasteiger partial charge in [-0.05, 0) is 57.2 Å². The van der Waals surface area contributed by atoms with E-state index in [4.69, 9.17) is 0 Å². The van der Waals surface area contributed by atoms with E-state index in [0.29, 0.717) is 12.5 Å². The molecule has 0 radical (unpaired) electrons. The smallest absolute Gasteiger partial charge is 0.289 e. The Morgan fingerprint density at radius 3 is 2.56 bits per heavy atom. The molecule has 1 aromatic carbocycles. The average Bonchev–Trinajstić information content (AvgIpc) is 2.98. The molecular formula is C21H29N3O3. The predicted octanol–water partition coefficient (Wildman–Crippen LogP) is 2.09. The van der Waals surface area contributed by atoms with E-state index in [2.05, 4.69) is 34.9 Å². The van der Waals surface area contributed by atoms with Crippen LogP contribution in [0.15, 0.2) is 41.7 Å². The predicted molar refractivity (Wildman–Crippen MR) is 104 cm³/mol. The minimum absolute atomic E-state index is 0.103. The van der Waals surface area contributed by atoms with E-state index >= 15 is 0 Å². The topological polar surface area (TPSA) is 81.7 Å². The fraction of sp³-hybridized carbons (Fsp3) is 0.524. The van der Waals surface area contributed by atoms with Gasteiger partial charge in [0.05, 0.1) is 12.1 Å². The summed E-state index contributed by atoms with van der Waals surface area (Å²) in [7, 11) is 1.85. The molecule has 6 nitrogen and oxygen atoms in total. The highest BCUT2D eigenvalue weighted by atomic mass is 16.3. The highest BCUT2D eigenvalue weighted by Gasteiger charge is 2.34. The Morgan fingerprint density at radius 2 is 1.89 bits per heavy atom. The van der Waals surface area contributed by atoms with Crippen LogP contribution in [0.3, 0.4) is 0 Å². The summed E-state index contributed by atoms with van der Waals surface area (Å²) in [5, 5.41) is 16.1. The Morgan fingerprint density at radius 1 is 1.19 bits per heavy atom. The van der Waals surface area contributed by atoms with Crippen molar-refractivity contribution in [2.45, 2.75) is 44.1 Å². The van der Waals surface area contributed by atoms with Crippen molar-refractivity contribution < 1.29 is 14.7 Å². The molecule has 0 unspecified atom stereocenters. The van der Waals surface area contributed by atoms with E-state index in [-0.39, 0.29) is 24.1 Å². The zero-order valence-corrected chi connectivity index (χ0v) is 15.9. The molecule has 6 heteroatoms. The van der Waals surface area contributed by atoms with Crippen molar-refractivity contribution in [1.29, 1.82) is 0 Å². The zero-order valence-electron chi connectivity index (χ0n) is 15.9. The van der Waals surface area contributed by atoms with Gasteiger partial charge in [-0.25, -0.2) is 0 Å². The van der Waals surface area contributed by atoms with Crippen molar-refractivity contribution in [3.8, 4) is 0 Å². The lowest BCUT2D eigenvalue weighted by Gasteiger charge is -2.29. The van der Waals surface area contributed by atoms with E-state index in [1.165, 1.54) is 10.5 Å². The highest BCUT2D eigenvalue weighted by Crippen LogP contribution is 2.33. The van der Waals surface area contributed by atoms with Crippen molar-refractivity contribution >= 4 is 11.8 Å². The summed E-state index contributed by atoms with van der Waals surface area (Å²) in [5.41, 5.74) is 1.57. The van der Waals surface area contributed by atoms with Crippen LogP contribution in [0.5, 0.6) is 0 Å². The largest absolute Gasteiger partial charge is 0.503 e. The molecule has 0 bridgehead atoms. The maximum absolute atomic E-state index is 12.6. The van der Waals surface area contributed by atoms with Gasteiger partial charge < -0.3 is 20.6 Å². The molecule has 1 fully saturated rings. The minimum Gasteiger partial charge on any atom is -0.503 e. The summed E-state index contributed by atoms with van der Waals surface area (Å²) < 4.78 is 0. The number of aliphatic hydroxyl groups excluding tert-OH is 1. The second kappa shape index (κ2) is 9.04. The zero-order chi connectivity index (χ0) is 19.2. The standard InChI is InChI=1S/C21H29N3O3/c1-22-12-5-13-24-14-18(19(25)21(24)27)20(26)23-17-10-8-16(9-11-17)15-6-3-2-4-7-15/h2-4,6-7,16-17,22,25H,5,8-14H2,1H3,(H,23,26). The monoisotopic (exact) mass is 371 g/mol. The van der Waals surface area contributed by atoms with Gasteiger partial charge in [-0.3, -0.25) is 9.59 Å². The molecule has 27 heavy (non-hydrogen) atoms. The Balaban J connectivity index is 1.50. The van der Waals surface area contributed by atoms with Gasteiger partial charge in [-0.2, -0.15) is 0 Å². The van der Waals surface area contributed by atoms with Crippen LogP contribution in [0.4, 0.5) is 0 Å². The molecule has 1 saturated carbocycles. The third-order valence-electron chi connectivity index (χ3n) is 5.59. The van der Waals surface area contributed by atoms with Gasteiger partial charge in [0.25, 0.3) is 11.8 Å². The first-order valence-electron chi connectivity index (χ1n) is 9.82.